The molecule has 1 aromatic carbocycles. The molecule has 1 saturated heterocycles. The van der Waals surface area contributed by atoms with Gasteiger partial charge in [-0.1, -0.05) is 6.07 Å². The van der Waals surface area contributed by atoms with E-state index in [1.807, 2.05) is 12.1 Å². The standard InChI is InChI=1S/C14H21FN2O/c1-14(2)10-17(7-6-16-14)9-11-4-5-12(18-3)8-13(11)15/h4-5,8,16H,6-7,9-10H2,1-3H3. The lowest BCUT2D eigenvalue weighted by Crippen LogP contribution is -2.56. The van der Waals surface area contributed by atoms with E-state index in [1.165, 1.54) is 6.07 Å². The zero-order valence-corrected chi connectivity index (χ0v) is 11.3. The summed E-state index contributed by atoms with van der Waals surface area (Å²) >= 11 is 0. The minimum Gasteiger partial charge on any atom is -0.497 e. The van der Waals surface area contributed by atoms with Crippen LogP contribution in [0.2, 0.25) is 0 Å². The smallest absolute Gasteiger partial charge is 0.131 e. The van der Waals surface area contributed by atoms with Crippen molar-refractivity contribution in [3.63, 3.8) is 0 Å². The predicted molar refractivity (Wildman–Crippen MR) is 70.3 cm³/mol. The van der Waals surface area contributed by atoms with Crippen LogP contribution in [0.25, 0.3) is 0 Å². The average molecular weight is 252 g/mol. The molecule has 0 unspecified atom stereocenters. The summed E-state index contributed by atoms with van der Waals surface area (Å²) in [7, 11) is 1.55. The van der Waals surface area contributed by atoms with Gasteiger partial charge in [0.2, 0.25) is 0 Å². The van der Waals surface area contributed by atoms with Gasteiger partial charge in [0.1, 0.15) is 11.6 Å². The number of hydrogen-bond donors (Lipinski definition) is 1. The fraction of sp³-hybridized carbons (Fsp3) is 0.571. The highest BCUT2D eigenvalue weighted by atomic mass is 19.1. The molecule has 1 aromatic rings. The van der Waals surface area contributed by atoms with Crippen LogP contribution in [-0.4, -0.2) is 37.2 Å². The Morgan fingerprint density at radius 2 is 2.22 bits per heavy atom. The molecule has 1 N–H and O–H groups in total. The van der Waals surface area contributed by atoms with Crippen molar-refractivity contribution >= 4 is 0 Å². The van der Waals surface area contributed by atoms with Crippen molar-refractivity contribution in [3.05, 3.63) is 29.6 Å². The summed E-state index contributed by atoms with van der Waals surface area (Å²) in [4.78, 5) is 2.28. The van der Waals surface area contributed by atoms with Crippen molar-refractivity contribution in [2.75, 3.05) is 26.7 Å². The fourth-order valence-electron chi connectivity index (χ4n) is 2.41. The number of nitrogens with zero attached hydrogens (tertiary/aromatic N) is 1. The maximum atomic E-state index is 13.9. The van der Waals surface area contributed by atoms with Crippen molar-refractivity contribution < 1.29 is 9.13 Å². The van der Waals surface area contributed by atoms with Crippen molar-refractivity contribution in [3.8, 4) is 5.75 Å². The lowest BCUT2D eigenvalue weighted by atomic mass is 10.0. The van der Waals surface area contributed by atoms with Gasteiger partial charge in [0, 0.05) is 43.3 Å². The van der Waals surface area contributed by atoms with Gasteiger partial charge in [0.05, 0.1) is 7.11 Å². The lowest BCUT2D eigenvalue weighted by Gasteiger charge is -2.39. The van der Waals surface area contributed by atoms with Crippen molar-refractivity contribution in [2.24, 2.45) is 0 Å². The second-order valence-electron chi connectivity index (χ2n) is 5.48. The van der Waals surface area contributed by atoms with E-state index in [1.54, 1.807) is 7.11 Å². The SMILES string of the molecule is COc1ccc(CN2CCNC(C)(C)C2)c(F)c1. The van der Waals surface area contributed by atoms with E-state index in [-0.39, 0.29) is 11.4 Å². The second kappa shape index (κ2) is 5.24. The van der Waals surface area contributed by atoms with Gasteiger partial charge in [0.25, 0.3) is 0 Å². The highest BCUT2D eigenvalue weighted by Gasteiger charge is 2.25. The Labute approximate surface area is 108 Å². The third-order valence-corrected chi connectivity index (χ3v) is 3.30. The molecule has 0 saturated carbocycles. The van der Waals surface area contributed by atoms with Crippen LogP contribution in [0.5, 0.6) is 5.75 Å². The van der Waals surface area contributed by atoms with E-state index in [4.69, 9.17) is 4.74 Å². The lowest BCUT2D eigenvalue weighted by molar-refractivity contribution is 0.147. The van der Waals surface area contributed by atoms with Crippen LogP contribution < -0.4 is 10.1 Å². The van der Waals surface area contributed by atoms with Crippen LogP contribution >= 0.6 is 0 Å². The summed E-state index contributed by atoms with van der Waals surface area (Å²) in [6, 6.07) is 5.07. The summed E-state index contributed by atoms with van der Waals surface area (Å²) in [6.07, 6.45) is 0. The second-order valence-corrected chi connectivity index (χ2v) is 5.48. The van der Waals surface area contributed by atoms with Gasteiger partial charge in [-0.05, 0) is 19.9 Å². The third-order valence-electron chi connectivity index (χ3n) is 3.30. The summed E-state index contributed by atoms with van der Waals surface area (Å²) in [5.41, 5.74) is 0.829. The van der Waals surface area contributed by atoms with Gasteiger partial charge in [-0.2, -0.15) is 0 Å². The molecule has 1 aliphatic rings. The number of piperazine rings is 1. The molecular formula is C14H21FN2O. The monoisotopic (exact) mass is 252 g/mol. The number of benzene rings is 1. The highest BCUT2D eigenvalue weighted by molar-refractivity contribution is 5.28. The van der Waals surface area contributed by atoms with Gasteiger partial charge in [-0.15, -0.1) is 0 Å². The molecule has 0 aliphatic carbocycles. The number of ether oxygens (including phenoxy) is 1. The number of hydrogen-bond acceptors (Lipinski definition) is 3. The van der Waals surface area contributed by atoms with Crippen LogP contribution in [-0.2, 0) is 6.54 Å². The van der Waals surface area contributed by atoms with Crippen molar-refractivity contribution in [2.45, 2.75) is 25.9 Å². The molecule has 0 aromatic heterocycles. The quantitative estimate of drug-likeness (QED) is 0.890. The summed E-state index contributed by atoms with van der Waals surface area (Å²) in [6.45, 7) is 7.83. The molecule has 0 amide bonds. The highest BCUT2D eigenvalue weighted by Crippen LogP contribution is 2.19. The number of rotatable bonds is 3. The van der Waals surface area contributed by atoms with Crippen molar-refractivity contribution in [1.29, 1.82) is 0 Å². The van der Waals surface area contributed by atoms with Crippen LogP contribution in [0.3, 0.4) is 0 Å². The minimum atomic E-state index is -0.189. The molecule has 0 bridgehead atoms. The first-order valence-electron chi connectivity index (χ1n) is 6.30. The Morgan fingerprint density at radius 1 is 1.44 bits per heavy atom. The number of nitrogens with one attached hydrogen (secondary N) is 1. The first-order chi connectivity index (χ1) is 8.50. The van der Waals surface area contributed by atoms with E-state index in [0.29, 0.717) is 12.3 Å². The molecule has 1 heterocycles. The molecule has 0 atom stereocenters. The molecule has 18 heavy (non-hydrogen) atoms. The van der Waals surface area contributed by atoms with E-state index >= 15 is 0 Å². The maximum Gasteiger partial charge on any atom is 0.131 e. The molecule has 2 rings (SSSR count). The molecule has 1 aliphatic heterocycles. The molecule has 3 nitrogen and oxygen atoms in total. The first kappa shape index (κ1) is 13.3. The Kier molecular flexibility index (Phi) is 3.88. The van der Waals surface area contributed by atoms with Gasteiger partial charge in [0.15, 0.2) is 0 Å². The molecule has 1 fully saturated rings. The molecule has 0 spiro atoms. The predicted octanol–water partition coefficient (Wildman–Crippen LogP) is 2.02. The fourth-order valence-corrected chi connectivity index (χ4v) is 2.41. The maximum absolute atomic E-state index is 13.9. The van der Waals surface area contributed by atoms with E-state index < -0.39 is 0 Å². The summed E-state index contributed by atoms with van der Waals surface area (Å²) in [5.74, 6) is 0.377. The van der Waals surface area contributed by atoms with Crippen molar-refractivity contribution in [1.82, 2.24) is 10.2 Å². The zero-order valence-electron chi connectivity index (χ0n) is 11.3. The largest absolute Gasteiger partial charge is 0.497 e. The average Bonchev–Trinajstić information content (AvgIpc) is 2.30. The number of halogens is 1. The van der Waals surface area contributed by atoms with Crippen LogP contribution in [0.15, 0.2) is 18.2 Å². The minimum absolute atomic E-state index is 0.0984. The van der Waals surface area contributed by atoms with Crippen LogP contribution in [0.1, 0.15) is 19.4 Å². The van der Waals surface area contributed by atoms with Crippen LogP contribution in [0.4, 0.5) is 4.39 Å². The van der Waals surface area contributed by atoms with E-state index in [9.17, 15) is 4.39 Å². The van der Waals surface area contributed by atoms with Gasteiger partial charge in [-0.3, -0.25) is 4.90 Å². The van der Waals surface area contributed by atoms with Crippen LogP contribution in [0, 0.1) is 5.82 Å². The van der Waals surface area contributed by atoms with Gasteiger partial charge < -0.3 is 10.1 Å². The summed E-state index contributed by atoms with van der Waals surface area (Å²) < 4.78 is 18.9. The Hall–Kier alpha value is -1.13. The Bertz CT molecular complexity index is 420. The topological polar surface area (TPSA) is 24.5 Å². The molecule has 4 heteroatoms. The van der Waals surface area contributed by atoms with Gasteiger partial charge in [-0.25, -0.2) is 4.39 Å². The molecule has 100 valence electrons. The van der Waals surface area contributed by atoms with E-state index in [2.05, 4.69) is 24.1 Å². The Balaban J connectivity index is 2.05. The first-order valence-corrected chi connectivity index (χ1v) is 6.30. The van der Waals surface area contributed by atoms with E-state index in [0.717, 1.165) is 25.2 Å². The summed E-state index contributed by atoms with van der Waals surface area (Å²) in [5, 5.41) is 3.45. The third kappa shape index (κ3) is 3.21. The number of methoxy groups -OCH3 is 1. The molecular weight excluding hydrogens is 231 g/mol. The normalized spacial score (nSPS) is 19.8. The van der Waals surface area contributed by atoms with Gasteiger partial charge >= 0.3 is 0 Å². The molecule has 0 radical (unpaired) electrons. The zero-order chi connectivity index (χ0) is 13.2. The Morgan fingerprint density at radius 3 is 2.83 bits per heavy atom.